The van der Waals surface area contributed by atoms with Crippen LogP contribution in [0.25, 0.3) is 0 Å². The SMILES string of the molecule is CC(=O)c1ccnc(Sc2ccc3c(c2)CCC3)c1. The van der Waals surface area contributed by atoms with Gasteiger partial charge in [-0.05, 0) is 61.6 Å². The minimum absolute atomic E-state index is 0.0817. The summed E-state index contributed by atoms with van der Waals surface area (Å²) in [5, 5.41) is 0.880. The van der Waals surface area contributed by atoms with Crippen LogP contribution >= 0.6 is 11.8 Å². The summed E-state index contributed by atoms with van der Waals surface area (Å²) in [4.78, 5) is 16.9. The van der Waals surface area contributed by atoms with Gasteiger partial charge in [0.1, 0.15) is 5.03 Å². The number of fused-ring (bicyclic) bond motifs is 1. The molecule has 0 radical (unpaired) electrons. The lowest BCUT2D eigenvalue weighted by atomic mass is 10.1. The van der Waals surface area contributed by atoms with Gasteiger partial charge in [-0.15, -0.1) is 0 Å². The van der Waals surface area contributed by atoms with Crippen molar-refractivity contribution in [1.29, 1.82) is 0 Å². The highest BCUT2D eigenvalue weighted by atomic mass is 32.2. The average Bonchev–Trinajstić information content (AvgIpc) is 2.86. The van der Waals surface area contributed by atoms with Crippen LogP contribution in [0.15, 0.2) is 46.5 Å². The smallest absolute Gasteiger partial charge is 0.159 e. The molecule has 96 valence electrons. The molecule has 0 saturated heterocycles. The number of carbonyl (C=O) groups excluding carboxylic acids is 1. The Morgan fingerprint density at radius 1 is 1.16 bits per heavy atom. The summed E-state index contributed by atoms with van der Waals surface area (Å²) in [6, 6.07) is 10.3. The minimum Gasteiger partial charge on any atom is -0.295 e. The molecule has 0 aliphatic heterocycles. The van der Waals surface area contributed by atoms with E-state index in [1.165, 1.54) is 35.3 Å². The first-order chi connectivity index (χ1) is 9.22. The van der Waals surface area contributed by atoms with E-state index < -0.39 is 0 Å². The predicted molar refractivity (Wildman–Crippen MR) is 76.8 cm³/mol. The summed E-state index contributed by atoms with van der Waals surface area (Å²) in [6.45, 7) is 1.58. The lowest BCUT2D eigenvalue weighted by Gasteiger charge is -2.05. The zero-order valence-electron chi connectivity index (χ0n) is 10.8. The fraction of sp³-hybridized carbons (Fsp3) is 0.250. The van der Waals surface area contributed by atoms with Crippen LogP contribution < -0.4 is 0 Å². The lowest BCUT2D eigenvalue weighted by molar-refractivity contribution is 0.101. The highest BCUT2D eigenvalue weighted by Gasteiger charge is 2.11. The van der Waals surface area contributed by atoms with Gasteiger partial charge < -0.3 is 0 Å². The number of aryl methyl sites for hydroxylation is 2. The Labute approximate surface area is 117 Å². The monoisotopic (exact) mass is 269 g/mol. The number of carbonyl (C=O) groups is 1. The number of hydrogen-bond acceptors (Lipinski definition) is 3. The van der Waals surface area contributed by atoms with Crippen LogP contribution in [0, 0.1) is 0 Å². The second-order valence-corrected chi connectivity index (χ2v) is 5.92. The van der Waals surface area contributed by atoms with Crippen molar-refractivity contribution in [3.8, 4) is 0 Å². The molecule has 1 aromatic heterocycles. The Hall–Kier alpha value is -1.61. The number of rotatable bonds is 3. The van der Waals surface area contributed by atoms with E-state index in [9.17, 15) is 4.79 Å². The number of benzene rings is 1. The molecule has 0 atom stereocenters. The second kappa shape index (κ2) is 5.17. The number of hydrogen-bond donors (Lipinski definition) is 0. The van der Waals surface area contributed by atoms with Crippen LogP contribution in [0.3, 0.4) is 0 Å². The van der Waals surface area contributed by atoms with Gasteiger partial charge in [0.15, 0.2) is 5.78 Å². The third-order valence-corrected chi connectivity index (χ3v) is 4.36. The van der Waals surface area contributed by atoms with E-state index in [4.69, 9.17) is 0 Å². The predicted octanol–water partition coefficient (Wildman–Crippen LogP) is 3.92. The zero-order chi connectivity index (χ0) is 13.2. The molecule has 3 heteroatoms. The van der Waals surface area contributed by atoms with Gasteiger partial charge in [-0.2, -0.15) is 0 Å². The maximum atomic E-state index is 11.4. The first kappa shape index (κ1) is 12.4. The van der Waals surface area contributed by atoms with Gasteiger partial charge in [-0.3, -0.25) is 4.79 Å². The van der Waals surface area contributed by atoms with Gasteiger partial charge in [0.2, 0.25) is 0 Å². The summed E-state index contributed by atoms with van der Waals surface area (Å²) >= 11 is 1.62. The molecule has 0 bridgehead atoms. The molecule has 3 rings (SSSR count). The lowest BCUT2D eigenvalue weighted by Crippen LogP contribution is -1.93. The van der Waals surface area contributed by atoms with E-state index in [0.29, 0.717) is 0 Å². The summed E-state index contributed by atoms with van der Waals surface area (Å²) in [6.07, 6.45) is 5.36. The summed E-state index contributed by atoms with van der Waals surface area (Å²) in [5.41, 5.74) is 3.67. The largest absolute Gasteiger partial charge is 0.295 e. The Bertz CT molecular complexity index is 636. The van der Waals surface area contributed by atoms with Crippen LogP contribution in [0.4, 0.5) is 0 Å². The Morgan fingerprint density at radius 3 is 2.84 bits per heavy atom. The Balaban J connectivity index is 1.85. The molecule has 2 aromatic rings. The first-order valence-corrected chi connectivity index (χ1v) is 7.31. The Kier molecular flexibility index (Phi) is 3.38. The highest BCUT2D eigenvalue weighted by Crippen LogP contribution is 2.31. The van der Waals surface area contributed by atoms with Crippen molar-refractivity contribution in [3.05, 3.63) is 53.2 Å². The molecule has 1 aromatic carbocycles. The molecule has 0 unspecified atom stereocenters. The molecule has 19 heavy (non-hydrogen) atoms. The van der Waals surface area contributed by atoms with Gasteiger partial charge in [-0.25, -0.2) is 4.98 Å². The molecular formula is C16H15NOS. The van der Waals surface area contributed by atoms with E-state index in [-0.39, 0.29) is 5.78 Å². The van der Waals surface area contributed by atoms with Crippen LogP contribution in [-0.4, -0.2) is 10.8 Å². The molecule has 1 aliphatic rings. The molecular weight excluding hydrogens is 254 g/mol. The zero-order valence-corrected chi connectivity index (χ0v) is 11.7. The molecule has 0 fully saturated rings. The van der Waals surface area contributed by atoms with Crippen molar-refractivity contribution < 1.29 is 4.79 Å². The van der Waals surface area contributed by atoms with Crippen LogP contribution in [0.2, 0.25) is 0 Å². The number of aromatic nitrogens is 1. The number of ketones is 1. The maximum Gasteiger partial charge on any atom is 0.159 e. The van der Waals surface area contributed by atoms with Crippen molar-refractivity contribution in [2.75, 3.05) is 0 Å². The maximum absolute atomic E-state index is 11.4. The van der Waals surface area contributed by atoms with E-state index in [1.807, 2.05) is 6.07 Å². The molecule has 0 N–H and O–H groups in total. The van der Waals surface area contributed by atoms with Gasteiger partial charge >= 0.3 is 0 Å². The summed E-state index contributed by atoms with van der Waals surface area (Å²) in [5.74, 6) is 0.0817. The van der Waals surface area contributed by atoms with Crippen LogP contribution in [0.1, 0.15) is 34.8 Å². The van der Waals surface area contributed by atoms with Crippen molar-refractivity contribution in [2.45, 2.75) is 36.1 Å². The van der Waals surface area contributed by atoms with Crippen molar-refractivity contribution in [3.63, 3.8) is 0 Å². The van der Waals surface area contributed by atoms with Crippen LogP contribution in [0.5, 0.6) is 0 Å². The van der Waals surface area contributed by atoms with E-state index in [1.54, 1.807) is 30.9 Å². The third-order valence-electron chi connectivity index (χ3n) is 3.43. The van der Waals surface area contributed by atoms with Crippen molar-refractivity contribution in [2.24, 2.45) is 0 Å². The van der Waals surface area contributed by atoms with Gasteiger partial charge in [0, 0.05) is 16.7 Å². The second-order valence-electron chi connectivity index (χ2n) is 4.83. The fourth-order valence-corrected chi connectivity index (χ4v) is 3.29. The molecule has 1 heterocycles. The van der Waals surface area contributed by atoms with E-state index in [0.717, 1.165) is 10.6 Å². The quantitative estimate of drug-likeness (QED) is 0.791. The molecule has 0 amide bonds. The highest BCUT2D eigenvalue weighted by molar-refractivity contribution is 7.99. The minimum atomic E-state index is 0.0817. The average molecular weight is 269 g/mol. The summed E-state index contributed by atoms with van der Waals surface area (Å²) < 4.78 is 0. The van der Waals surface area contributed by atoms with E-state index in [2.05, 4.69) is 23.2 Å². The topological polar surface area (TPSA) is 30.0 Å². The van der Waals surface area contributed by atoms with Gasteiger partial charge in [0.25, 0.3) is 0 Å². The number of Topliss-reactive ketones (excluding diaryl/α,β-unsaturated/α-hetero) is 1. The molecule has 0 spiro atoms. The number of nitrogens with zero attached hydrogens (tertiary/aromatic N) is 1. The van der Waals surface area contributed by atoms with Gasteiger partial charge in [-0.1, -0.05) is 17.8 Å². The van der Waals surface area contributed by atoms with Crippen molar-refractivity contribution in [1.82, 2.24) is 4.98 Å². The summed E-state index contributed by atoms with van der Waals surface area (Å²) in [7, 11) is 0. The molecule has 2 nitrogen and oxygen atoms in total. The Morgan fingerprint density at radius 2 is 2.00 bits per heavy atom. The van der Waals surface area contributed by atoms with Gasteiger partial charge in [0.05, 0.1) is 0 Å². The van der Waals surface area contributed by atoms with Crippen molar-refractivity contribution >= 4 is 17.5 Å². The standard InChI is InChI=1S/C16H15NOS/c1-11(18)13-7-8-17-16(10-13)19-15-6-5-12-3-2-4-14(12)9-15/h5-10H,2-4H2,1H3. The first-order valence-electron chi connectivity index (χ1n) is 6.49. The normalized spacial score (nSPS) is 13.3. The number of pyridine rings is 1. The van der Waals surface area contributed by atoms with Crippen LogP contribution in [-0.2, 0) is 12.8 Å². The fourth-order valence-electron chi connectivity index (χ4n) is 2.42. The van der Waals surface area contributed by atoms with E-state index >= 15 is 0 Å². The molecule has 1 aliphatic carbocycles. The third kappa shape index (κ3) is 2.71. The molecule has 0 saturated carbocycles.